The van der Waals surface area contributed by atoms with Crippen molar-refractivity contribution >= 4 is 25.5 Å². The quantitative estimate of drug-likeness (QED) is 0.734. The van der Waals surface area contributed by atoms with E-state index in [1.807, 2.05) is 18.5 Å². The van der Waals surface area contributed by atoms with Crippen LogP contribution in [0.4, 0.5) is 5.69 Å². The zero-order chi connectivity index (χ0) is 17.7. The first-order chi connectivity index (χ1) is 11.1. The Hall–Kier alpha value is -1.13. The number of anilines is 1. The van der Waals surface area contributed by atoms with Crippen molar-refractivity contribution in [3.63, 3.8) is 0 Å². The molecule has 2 aliphatic rings. The molecule has 0 aliphatic carbocycles. The number of hydrogen-bond acceptors (Lipinski definition) is 6. The summed E-state index contributed by atoms with van der Waals surface area (Å²) >= 11 is 0. The molecule has 0 amide bonds. The van der Waals surface area contributed by atoms with Crippen molar-refractivity contribution < 1.29 is 16.8 Å². The molecule has 2 fully saturated rings. The maximum atomic E-state index is 11.7. The molecule has 3 heterocycles. The molecule has 2 saturated heterocycles. The molecule has 0 bridgehead atoms. The predicted octanol–water partition coefficient (Wildman–Crippen LogP) is -0.0589. The van der Waals surface area contributed by atoms with E-state index in [1.165, 1.54) is 10.6 Å². The number of nitrogens with zero attached hydrogens (tertiary/aromatic N) is 4. The van der Waals surface area contributed by atoms with Crippen LogP contribution in [0.2, 0.25) is 0 Å². The second-order valence-electron chi connectivity index (χ2n) is 6.67. The van der Waals surface area contributed by atoms with Gasteiger partial charge in [0.2, 0.25) is 10.0 Å². The van der Waals surface area contributed by atoms with E-state index in [2.05, 4.69) is 10.00 Å². The van der Waals surface area contributed by atoms with E-state index in [1.54, 1.807) is 0 Å². The van der Waals surface area contributed by atoms with E-state index in [4.69, 9.17) is 0 Å². The summed E-state index contributed by atoms with van der Waals surface area (Å²) in [7, 11) is -6.11. The number of piperazine rings is 1. The van der Waals surface area contributed by atoms with Gasteiger partial charge in [-0.3, -0.25) is 4.68 Å². The van der Waals surface area contributed by atoms with Gasteiger partial charge in [0.15, 0.2) is 9.84 Å². The van der Waals surface area contributed by atoms with Crippen molar-refractivity contribution in [2.75, 3.05) is 48.8 Å². The van der Waals surface area contributed by atoms with Gasteiger partial charge in [-0.1, -0.05) is 0 Å². The van der Waals surface area contributed by atoms with Gasteiger partial charge in [0.1, 0.15) is 0 Å². The second kappa shape index (κ2) is 5.99. The number of hydrogen-bond donors (Lipinski definition) is 0. The molecule has 0 aromatic carbocycles. The largest absolute Gasteiger partial charge is 0.366 e. The average Bonchev–Trinajstić information content (AvgIpc) is 2.98. The molecule has 1 atom stereocenters. The highest BCUT2D eigenvalue weighted by Gasteiger charge is 2.33. The van der Waals surface area contributed by atoms with Crippen molar-refractivity contribution in [2.45, 2.75) is 26.3 Å². The van der Waals surface area contributed by atoms with Crippen LogP contribution in [0.1, 0.15) is 23.9 Å². The molecule has 1 aromatic rings. The van der Waals surface area contributed by atoms with Crippen LogP contribution in [0, 0.1) is 13.8 Å². The molecular weight excluding hydrogens is 352 g/mol. The first kappa shape index (κ1) is 17.7. The number of aromatic nitrogens is 2. The third-order valence-electron chi connectivity index (χ3n) is 4.86. The highest BCUT2D eigenvalue weighted by atomic mass is 32.2. The smallest absolute Gasteiger partial charge is 0.211 e. The third kappa shape index (κ3) is 3.31. The summed E-state index contributed by atoms with van der Waals surface area (Å²) in [5.41, 5.74) is 2.83. The van der Waals surface area contributed by atoms with Gasteiger partial charge in [0.25, 0.3) is 0 Å². The molecule has 0 radical (unpaired) electrons. The van der Waals surface area contributed by atoms with E-state index in [9.17, 15) is 16.8 Å². The summed E-state index contributed by atoms with van der Waals surface area (Å²) in [5.74, 6) is 0.370. The van der Waals surface area contributed by atoms with Crippen LogP contribution >= 0.6 is 0 Å². The summed E-state index contributed by atoms with van der Waals surface area (Å²) in [4.78, 5) is 2.15. The first-order valence-electron chi connectivity index (χ1n) is 8.05. The van der Waals surface area contributed by atoms with Crippen molar-refractivity contribution in [3.8, 4) is 0 Å². The maximum absolute atomic E-state index is 11.7. The predicted molar refractivity (Wildman–Crippen MR) is 92.6 cm³/mol. The molecule has 0 spiro atoms. The first-order valence-corrected chi connectivity index (χ1v) is 11.7. The van der Waals surface area contributed by atoms with Gasteiger partial charge in [0.05, 0.1) is 40.9 Å². The summed E-state index contributed by atoms with van der Waals surface area (Å²) in [6, 6.07) is -0.0974. The van der Waals surface area contributed by atoms with Gasteiger partial charge in [-0.2, -0.15) is 9.40 Å². The molecule has 1 aromatic heterocycles. The van der Waals surface area contributed by atoms with E-state index < -0.39 is 19.9 Å². The van der Waals surface area contributed by atoms with Crippen LogP contribution in [0.3, 0.4) is 0 Å². The molecule has 0 N–H and O–H groups in total. The Balaban J connectivity index is 1.81. The van der Waals surface area contributed by atoms with Crippen molar-refractivity contribution in [1.29, 1.82) is 0 Å². The molecule has 24 heavy (non-hydrogen) atoms. The summed E-state index contributed by atoms with van der Waals surface area (Å²) in [6.07, 6.45) is 1.84. The Kier molecular flexibility index (Phi) is 4.42. The zero-order valence-electron chi connectivity index (χ0n) is 14.3. The molecule has 3 rings (SSSR count). The summed E-state index contributed by atoms with van der Waals surface area (Å²) in [6.45, 7) is 6.03. The standard InChI is InChI=1S/C14H24N4O4S2/c1-11-14(16-5-7-17(8-6-16)23(3,19)20)12(2)18(15-11)13-4-9-24(21,22)10-13/h13H,4-10H2,1-3H3. The zero-order valence-corrected chi connectivity index (χ0v) is 15.9. The Morgan fingerprint density at radius 1 is 1.12 bits per heavy atom. The van der Waals surface area contributed by atoms with E-state index in [-0.39, 0.29) is 17.5 Å². The fourth-order valence-corrected chi connectivity index (χ4v) is 6.20. The number of aryl methyl sites for hydroxylation is 1. The Bertz CT molecular complexity index is 836. The van der Waals surface area contributed by atoms with Crippen molar-refractivity contribution in [3.05, 3.63) is 11.4 Å². The molecule has 136 valence electrons. The fourth-order valence-electron chi connectivity index (χ4n) is 3.68. The summed E-state index contributed by atoms with van der Waals surface area (Å²) in [5, 5.41) is 4.58. The van der Waals surface area contributed by atoms with Gasteiger partial charge in [-0.25, -0.2) is 16.8 Å². The minimum absolute atomic E-state index is 0.0974. The maximum Gasteiger partial charge on any atom is 0.211 e. The van der Waals surface area contributed by atoms with E-state index in [0.717, 1.165) is 17.1 Å². The Morgan fingerprint density at radius 2 is 1.75 bits per heavy atom. The van der Waals surface area contributed by atoms with Gasteiger partial charge >= 0.3 is 0 Å². The number of sulfone groups is 1. The van der Waals surface area contributed by atoms with Gasteiger partial charge in [-0.15, -0.1) is 0 Å². The van der Waals surface area contributed by atoms with E-state index in [0.29, 0.717) is 32.6 Å². The minimum atomic E-state index is -3.15. The van der Waals surface area contributed by atoms with Crippen LogP contribution < -0.4 is 4.90 Å². The van der Waals surface area contributed by atoms with Gasteiger partial charge in [0, 0.05) is 26.2 Å². The van der Waals surface area contributed by atoms with Crippen LogP contribution in [0.25, 0.3) is 0 Å². The number of rotatable bonds is 3. The lowest BCUT2D eigenvalue weighted by Gasteiger charge is -2.34. The lowest BCUT2D eigenvalue weighted by Crippen LogP contribution is -2.48. The monoisotopic (exact) mass is 376 g/mol. The van der Waals surface area contributed by atoms with Gasteiger partial charge < -0.3 is 4.90 Å². The molecule has 8 nitrogen and oxygen atoms in total. The topological polar surface area (TPSA) is 92.6 Å². The summed E-state index contributed by atoms with van der Waals surface area (Å²) < 4.78 is 50.1. The Labute approximate surface area is 143 Å². The minimum Gasteiger partial charge on any atom is -0.366 e. The van der Waals surface area contributed by atoms with Crippen molar-refractivity contribution in [1.82, 2.24) is 14.1 Å². The van der Waals surface area contributed by atoms with Crippen molar-refractivity contribution in [2.24, 2.45) is 0 Å². The van der Waals surface area contributed by atoms with E-state index >= 15 is 0 Å². The SMILES string of the molecule is Cc1nn(C2CCS(=O)(=O)C2)c(C)c1N1CCN(S(C)(=O)=O)CC1. The molecule has 0 saturated carbocycles. The highest BCUT2D eigenvalue weighted by molar-refractivity contribution is 7.91. The van der Waals surface area contributed by atoms with Crippen LogP contribution in [0.15, 0.2) is 0 Å². The Morgan fingerprint density at radius 3 is 2.25 bits per heavy atom. The molecule has 10 heteroatoms. The highest BCUT2D eigenvalue weighted by Crippen LogP contribution is 2.31. The second-order valence-corrected chi connectivity index (χ2v) is 10.9. The van der Waals surface area contributed by atoms with Crippen LogP contribution in [0.5, 0.6) is 0 Å². The van der Waals surface area contributed by atoms with Gasteiger partial charge in [-0.05, 0) is 20.3 Å². The number of sulfonamides is 1. The average molecular weight is 377 g/mol. The third-order valence-corrected chi connectivity index (χ3v) is 7.92. The lowest BCUT2D eigenvalue weighted by molar-refractivity contribution is 0.387. The normalized spacial score (nSPS) is 25.3. The molecular formula is C14H24N4O4S2. The van der Waals surface area contributed by atoms with Crippen LogP contribution in [-0.4, -0.2) is 74.9 Å². The van der Waals surface area contributed by atoms with Crippen LogP contribution in [-0.2, 0) is 19.9 Å². The molecule has 2 aliphatic heterocycles. The fraction of sp³-hybridized carbons (Fsp3) is 0.786. The lowest BCUT2D eigenvalue weighted by atomic mass is 10.2. The molecule has 1 unspecified atom stereocenters.